The topological polar surface area (TPSA) is 66.6 Å². The van der Waals surface area contributed by atoms with Gasteiger partial charge in [0.2, 0.25) is 10.0 Å². The van der Waals surface area contributed by atoms with Gasteiger partial charge < -0.3 is 10.6 Å². The molecule has 2 N–H and O–H groups in total. The lowest BCUT2D eigenvalue weighted by Gasteiger charge is -2.19. The first-order valence-electron chi connectivity index (χ1n) is 6.72. The van der Waals surface area contributed by atoms with Crippen molar-refractivity contribution in [2.45, 2.75) is 18.7 Å². The molecule has 20 heavy (non-hydrogen) atoms. The Morgan fingerprint density at radius 3 is 2.20 bits per heavy atom. The van der Waals surface area contributed by atoms with E-state index in [0.717, 1.165) is 24.1 Å². The van der Waals surface area contributed by atoms with Crippen LogP contribution in [0.2, 0.25) is 0 Å². The molecule has 6 heteroatoms. The number of sulfonamides is 1. The van der Waals surface area contributed by atoms with Crippen molar-refractivity contribution in [3.8, 4) is 0 Å². The number of benzene rings is 1. The molecule has 0 unspecified atom stereocenters. The van der Waals surface area contributed by atoms with Crippen molar-refractivity contribution < 1.29 is 8.42 Å². The molecule has 0 aromatic heterocycles. The van der Waals surface area contributed by atoms with Crippen LogP contribution in [0.5, 0.6) is 0 Å². The Bertz CT molecular complexity index is 515. The SMILES string of the molecule is CN(C)CCCN(C)S(=O)(=O)Cc1ccccc1CN. The van der Waals surface area contributed by atoms with E-state index in [0.29, 0.717) is 13.1 Å². The summed E-state index contributed by atoms with van der Waals surface area (Å²) >= 11 is 0. The van der Waals surface area contributed by atoms with Crippen LogP contribution >= 0.6 is 0 Å². The maximum atomic E-state index is 12.3. The molecule has 0 bridgehead atoms. The van der Waals surface area contributed by atoms with Gasteiger partial charge in [0.05, 0.1) is 5.75 Å². The summed E-state index contributed by atoms with van der Waals surface area (Å²) in [7, 11) is 2.31. The predicted octanol–water partition coefficient (Wildman–Crippen LogP) is 0.859. The zero-order valence-electron chi connectivity index (χ0n) is 12.5. The molecule has 1 aromatic rings. The molecule has 5 nitrogen and oxygen atoms in total. The second kappa shape index (κ2) is 7.73. The second-order valence-electron chi connectivity index (χ2n) is 5.21. The fourth-order valence-corrected chi connectivity index (χ4v) is 3.26. The third kappa shape index (κ3) is 5.20. The zero-order chi connectivity index (χ0) is 15.2. The monoisotopic (exact) mass is 299 g/mol. The Labute approximate surface area is 122 Å². The average molecular weight is 299 g/mol. The first-order chi connectivity index (χ1) is 9.36. The fraction of sp³-hybridized carbons (Fsp3) is 0.571. The van der Waals surface area contributed by atoms with Crippen LogP contribution in [0.4, 0.5) is 0 Å². The van der Waals surface area contributed by atoms with Gasteiger partial charge in [0.15, 0.2) is 0 Å². The Kier molecular flexibility index (Phi) is 6.61. The standard InChI is InChI=1S/C14H25N3O2S/c1-16(2)9-6-10-17(3)20(18,19)12-14-8-5-4-7-13(14)11-15/h4-5,7-8H,6,9-12,15H2,1-3H3. The van der Waals surface area contributed by atoms with Gasteiger partial charge in [0, 0.05) is 20.1 Å². The van der Waals surface area contributed by atoms with Crippen LogP contribution < -0.4 is 5.73 Å². The van der Waals surface area contributed by atoms with Gasteiger partial charge in [0.25, 0.3) is 0 Å². The molecule has 0 radical (unpaired) electrons. The van der Waals surface area contributed by atoms with Gasteiger partial charge in [-0.15, -0.1) is 0 Å². The maximum Gasteiger partial charge on any atom is 0.218 e. The van der Waals surface area contributed by atoms with Crippen molar-refractivity contribution in [3.63, 3.8) is 0 Å². The average Bonchev–Trinajstić information content (AvgIpc) is 2.38. The minimum Gasteiger partial charge on any atom is -0.326 e. The van der Waals surface area contributed by atoms with Gasteiger partial charge >= 0.3 is 0 Å². The maximum absolute atomic E-state index is 12.3. The molecule has 0 fully saturated rings. The minimum absolute atomic E-state index is 0.0127. The number of rotatable bonds is 8. The summed E-state index contributed by atoms with van der Waals surface area (Å²) in [5, 5.41) is 0. The van der Waals surface area contributed by atoms with Gasteiger partial charge in [-0.1, -0.05) is 24.3 Å². The van der Waals surface area contributed by atoms with E-state index in [4.69, 9.17) is 5.73 Å². The normalized spacial score (nSPS) is 12.3. The van der Waals surface area contributed by atoms with Crippen LogP contribution in [-0.2, 0) is 22.3 Å². The third-order valence-corrected chi connectivity index (χ3v) is 5.04. The van der Waals surface area contributed by atoms with Gasteiger partial charge in [0.1, 0.15) is 0 Å². The molecule has 1 rings (SSSR count). The number of hydrogen-bond acceptors (Lipinski definition) is 4. The third-order valence-electron chi connectivity index (χ3n) is 3.23. The molecule has 0 saturated carbocycles. The van der Waals surface area contributed by atoms with Gasteiger partial charge in [-0.05, 0) is 38.2 Å². The van der Waals surface area contributed by atoms with Crippen molar-refractivity contribution in [2.24, 2.45) is 5.73 Å². The predicted molar refractivity (Wildman–Crippen MR) is 82.8 cm³/mol. The van der Waals surface area contributed by atoms with Crippen LogP contribution in [-0.4, -0.2) is 51.9 Å². The second-order valence-corrected chi connectivity index (χ2v) is 7.28. The van der Waals surface area contributed by atoms with Gasteiger partial charge in [-0.25, -0.2) is 12.7 Å². The molecule has 114 valence electrons. The molecule has 0 amide bonds. The van der Waals surface area contributed by atoms with E-state index in [1.807, 2.05) is 43.3 Å². The van der Waals surface area contributed by atoms with E-state index in [1.165, 1.54) is 4.31 Å². The van der Waals surface area contributed by atoms with E-state index < -0.39 is 10.0 Å². The minimum atomic E-state index is -3.28. The van der Waals surface area contributed by atoms with E-state index in [2.05, 4.69) is 0 Å². The molecule has 0 atom stereocenters. The highest BCUT2D eigenvalue weighted by Gasteiger charge is 2.19. The van der Waals surface area contributed by atoms with Crippen molar-refractivity contribution in [2.75, 3.05) is 34.2 Å². The zero-order valence-corrected chi connectivity index (χ0v) is 13.4. The van der Waals surface area contributed by atoms with Crippen molar-refractivity contribution in [1.82, 2.24) is 9.21 Å². The van der Waals surface area contributed by atoms with E-state index >= 15 is 0 Å². The molecule has 0 spiro atoms. The Morgan fingerprint density at radius 1 is 1.05 bits per heavy atom. The first-order valence-corrected chi connectivity index (χ1v) is 8.33. The van der Waals surface area contributed by atoms with E-state index in [9.17, 15) is 8.42 Å². The molecule has 1 aromatic carbocycles. The molecule has 0 saturated heterocycles. The summed E-state index contributed by atoms with van der Waals surface area (Å²) in [6, 6.07) is 7.42. The summed E-state index contributed by atoms with van der Waals surface area (Å²) in [6.45, 7) is 1.76. The van der Waals surface area contributed by atoms with Crippen molar-refractivity contribution >= 4 is 10.0 Å². The molecular formula is C14H25N3O2S. The lowest BCUT2D eigenvalue weighted by Crippen LogP contribution is -2.31. The summed E-state index contributed by atoms with van der Waals surface area (Å²) in [4.78, 5) is 2.05. The van der Waals surface area contributed by atoms with Crippen LogP contribution in [0.25, 0.3) is 0 Å². The van der Waals surface area contributed by atoms with Crippen LogP contribution in [0, 0.1) is 0 Å². The number of nitrogens with two attached hydrogens (primary N) is 1. The highest BCUT2D eigenvalue weighted by atomic mass is 32.2. The van der Waals surface area contributed by atoms with Crippen LogP contribution in [0.3, 0.4) is 0 Å². The summed E-state index contributed by atoms with van der Waals surface area (Å²) < 4.78 is 26.1. The summed E-state index contributed by atoms with van der Waals surface area (Å²) in [5.74, 6) is 0.0127. The van der Waals surface area contributed by atoms with Crippen molar-refractivity contribution in [3.05, 3.63) is 35.4 Å². The van der Waals surface area contributed by atoms with Gasteiger partial charge in [-0.2, -0.15) is 0 Å². The lowest BCUT2D eigenvalue weighted by atomic mass is 10.1. The quantitative estimate of drug-likeness (QED) is 0.773. The van der Waals surface area contributed by atoms with E-state index in [-0.39, 0.29) is 5.75 Å². The van der Waals surface area contributed by atoms with Crippen molar-refractivity contribution in [1.29, 1.82) is 0 Å². The van der Waals surface area contributed by atoms with Gasteiger partial charge in [-0.3, -0.25) is 0 Å². The lowest BCUT2D eigenvalue weighted by molar-refractivity contribution is 0.370. The molecule has 0 aliphatic carbocycles. The van der Waals surface area contributed by atoms with Crippen LogP contribution in [0.15, 0.2) is 24.3 Å². The summed E-state index contributed by atoms with van der Waals surface area (Å²) in [6.07, 6.45) is 0.821. The summed E-state index contributed by atoms with van der Waals surface area (Å²) in [5.41, 5.74) is 7.32. The Balaban J connectivity index is 2.69. The molecule has 0 heterocycles. The Hall–Kier alpha value is -0.950. The fourth-order valence-electron chi connectivity index (χ4n) is 1.95. The molecular weight excluding hydrogens is 274 g/mol. The highest BCUT2D eigenvalue weighted by Crippen LogP contribution is 2.14. The molecule has 0 aliphatic heterocycles. The number of hydrogen-bond donors (Lipinski definition) is 1. The Morgan fingerprint density at radius 2 is 1.65 bits per heavy atom. The molecule has 0 aliphatic rings. The number of nitrogens with zero attached hydrogens (tertiary/aromatic N) is 2. The van der Waals surface area contributed by atoms with E-state index in [1.54, 1.807) is 7.05 Å². The largest absolute Gasteiger partial charge is 0.326 e. The van der Waals surface area contributed by atoms with Crippen LogP contribution in [0.1, 0.15) is 17.5 Å². The smallest absolute Gasteiger partial charge is 0.218 e. The highest BCUT2D eigenvalue weighted by molar-refractivity contribution is 7.88. The first kappa shape index (κ1) is 17.1.